The number of imidazole rings is 1. The summed E-state index contributed by atoms with van der Waals surface area (Å²) >= 11 is 9.16. The van der Waals surface area contributed by atoms with E-state index in [1.165, 1.54) is 22.1 Å². The van der Waals surface area contributed by atoms with Gasteiger partial charge in [-0.2, -0.15) is 0 Å². The van der Waals surface area contributed by atoms with Crippen molar-refractivity contribution in [3.05, 3.63) is 12.7 Å². The number of hydrogen-bond donors (Lipinski definition) is 6. The van der Waals surface area contributed by atoms with Crippen molar-refractivity contribution in [1.29, 1.82) is 0 Å². The minimum absolute atomic E-state index is 0.0445. The van der Waals surface area contributed by atoms with Crippen LogP contribution in [0.15, 0.2) is 17.6 Å². The first-order chi connectivity index (χ1) is 21.3. The SMILES string of the molecule is Nc1ncnc2c1ncn2[C@@H]1O[C@@H]2COP(O)(=S)O[C@@H]3[C@H](F)[C@@H](COP(=O)(S)O[C@H]2[C@@H]1F)O[C@H]3N1C=NC2C(=O)NC(N)NC21. The van der Waals surface area contributed by atoms with Crippen molar-refractivity contribution in [2.75, 3.05) is 18.9 Å². The Hall–Kier alpha value is -1.98. The lowest BCUT2D eigenvalue weighted by atomic mass is 10.1. The molecule has 0 radical (unpaired) electrons. The van der Waals surface area contributed by atoms with Crippen LogP contribution in [0.1, 0.15) is 6.23 Å². The van der Waals surface area contributed by atoms with Crippen LogP contribution in [0.4, 0.5) is 14.6 Å². The fraction of sp³-hybridized carbons (Fsp3) is 0.650. The Morgan fingerprint density at radius 2 is 1.84 bits per heavy atom. The Morgan fingerprint density at radius 1 is 1.09 bits per heavy atom. The van der Waals surface area contributed by atoms with Gasteiger partial charge in [-0.05, 0) is 11.8 Å². The molecule has 2 aromatic rings. The highest BCUT2D eigenvalue weighted by molar-refractivity contribution is 8.44. The normalized spacial score (nSPS) is 45.4. The molecule has 1 amide bonds. The van der Waals surface area contributed by atoms with Crippen molar-refractivity contribution < 1.29 is 50.6 Å². The van der Waals surface area contributed by atoms with Crippen molar-refractivity contribution in [2.45, 2.75) is 67.7 Å². The van der Waals surface area contributed by atoms with Crippen molar-refractivity contribution in [3.8, 4) is 0 Å². The van der Waals surface area contributed by atoms with Crippen LogP contribution in [0, 0.1) is 0 Å². The number of halogens is 2. The lowest BCUT2D eigenvalue weighted by molar-refractivity contribution is -0.130. The van der Waals surface area contributed by atoms with Crippen molar-refractivity contribution in [1.82, 2.24) is 35.1 Å². The van der Waals surface area contributed by atoms with Crippen LogP contribution < -0.4 is 22.1 Å². The summed E-state index contributed by atoms with van der Waals surface area (Å²) in [6.45, 7) is -10.1. The average Bonchev–Trinajstić information content (AvgIpc) is 3.72. The molecule has 7 rings (SSSR count). The molecule has 7 heterocycles. The van der Waals surface area contributed by atoms with E-state index < -0.39 is 100 Å². The third-order valence-corrected chi connectivity index (χ3v) is 10.9. The first-order valence-electron chi connectivity index (χ1n) is 13.3. The van der Waals surface area contributed by atoms with Crippen molar-refractivity contribution in [3.63, 3.8) is 0 Å². The largest absolute Gasteiger partial charge is 0.386 e. The molecule has 4 fully saturated rings. The minimum Gasteiger partial charge on any atom is -0.382 e. The number of carbonyl (C=O) groups excluding carboxylic acids is 1. The van der Waals surface area contributed by atoms with Gasteiger partial charge in [0.2, 0.25) is 0 Å². The third kappa shape index (κ3) is 5.77. The fourth-order valence-electron chi connectivity index (χ4n) is 5.66. The van der Waals surface area contributed by atoms with Gasteiger partial charge in [0.15, 0.2) is 42.3 Å². The molecule has 7 N–H and O–H groups in total. The molecule has 2 bridgehead atoms. The number of hydrogen-bond acceptors (Lipinski definition) is 17. The summed E-state index contributed by atoms with van der Waals surface area (Å²) in [6.07, 6.45) is -11.2. The molecule has 2 aromatic heterocycles. The van der Waals surface area contributed by atoms with Crippen LogP contribution in [0.5, 0.6) is 0 Å². The number of nitrogens with two attached hydrogens (primary N) is 2. The van der Waals surface area contributed by atoms with Gasteiger partial charge in [-0.3, -0.25) is 39.0 Å². The average molecular weight is 715 g/mol. The van der Waals surface area contributed by atoms with E-state index in [1.807, 2.05) is 0 Å². The maximum atomic E-state index is 16.0. The van der Waals surface area contributed by atoms with Crippen LogP contribution in [0.2, 0.25) is 0 Å². The Balaban J connectivity index is 1.16. The predicted molar refractivity (Wildman–Crippen MR) is 154 cm³/mol. The zero-order valence-corrected chi connectivity index (χ0v) is 26.1. The van der Waals surface area contributed by atoms with E-state index in [9.17, 15) is 14.3 Å². The van der Waals surface area contributed by atoms with Gasteiger partial charge in [0.25, 0.3) is 5.91 Å². The molecule has 5 aliphatic rings. The quantitative estimate of drug-likeness (QED) is 0.158. The van der Waals surface area contributed by atoms with Gasteiger partial charge in [-0.15, -0.1) is 0 Å². The summed E-state index contributed by atoms with van der Waals surface area (Å²) in [7, 11) is 0. The molecule has 13 atom stereocenters. The summed E-state index contributed by atoms with van der Waals surface area (Å²) in [5, 5.41) is 5.39. The molecule has 19 nitrogen and oxygen atoms in total. The smallest absolute Gasteiger partial charge is 0.382 e. The summed E-state index contributed by atoms with van der Waals surface area (Å²) in [6, 6.07) is -0.957. The highest BCUT2D eigenvalue weighted by Crippen LogP contribution is 2.58. The van der Waals surface area contributed by atoms with Crippen molar-refractivity contribution in [2.24, 2.45) is 10.7 Å². The maximum absolute atomic E-state index is 16.0. The number of aromatic nitrogens is 4. The molecule has 0 spiro atoms. The number of amides is 1. The monoisotopic (exact) mass is 714 g/mol. The Labute approximate surface area is 262 Å². The molecule has 4 saturated heterocycles. The number of nitrogens with one attached hydrogen (secondary N) is 2. The number of ether oxygens (including phenoxy) is 2. The van der Waals surface area contributed by atoms with Gasteiger partial charge >= 0.3 is 13.5 Å². The summed E-state index contributed by atoms with van der Waals surface area (Å²) in [5.41, 5.74) is 12.0. The molecule has 0 saturated carbocycles. The topological polar surface area (TPSA) is 245 Å². The summed E-state index contributed by atoms with van der Waals surface area (Å²) in [5.74, 6) is -0.443. The highest BCUT2D eigenvalue weighted by atomic mass is 32.7. The summed E-state index contributed by atoms with van der Waals surface area (Å²) < 4.78 is 80.1. The number of carbonyl (C=O) groups is 1. The van der Waals surface area contributed by atoms with Crippen LogP contribution in [-0.2, 0) is 48.7 Å². The van der Waals surface area contributed by atoms with Crippen LogP contribution in [0.25, 0.3) is 11.2 Å². The number of thiol groups is 1. The Bertz CT molecular complexity index is 1630. The number of fused-ring (bicyclic) bond motifs is 5. The molecule has 246 valence electrons. The van der Waals surface area contributed by atoms with E-state index in [1.54, 1.807) is 0 Å². The van der Waals surface area contributed by atoms with E-state index in [0.29, 0.717) is 0 Å². The van der Waals surface area contributed by atoms with E-state index in [0.717, 1.165) is 6.33 Å². The second-order valence-corrected chi connectivity index (χ2v) is 16.2. The number of aliphatic imine (C=N–C) groups is 1. The fourth-order valence-corrected chi connectivity index (χ4v) is 8.55. The van der Waals surface area contributed by atoms with Gasteiger partial charge in [0, 0.05) is 0 Å². The number of anilines is 1. The van der Waals surface area contributed by atoms with Crippen LogP contribution in [-0.4, -0.2) is 116 Å². The molecule has 45 heavy (non-hydrogen) atoms. The summed E-state index contributed by atoms with van der Waals surface area (Å²) in [4.78, 5) is 40.9. The molecular weight excluding hydrogens is 688 g/mol. The van der Waals surface area contributed by atoms with Gasteiger partial charge in [0.1, 0.15) is 48.7 Å². The zero-order valence-electron chi connectivity index (χ0n) is 22.6. The molecular formula is C20H26F2N10O9P2S2. The van der Waals surface area contributed by atoms with Gasteiger partial charge in [0.05, 0.1) is 25.9 Å². The van der Waals surface area contributed by atoms with E-state index in [2.05, 4.69) is 42.8 Å². The zero-order chi connectivity index (χ0) is 31.8. The standard InChI is InChI=1S/C20H26F2N10O9P2S2/c21-8-6-1-36-42(34,44)40-12-7(39-18(9(12)22)31-4-27-10-14(23)25-3-26-15(10)31)2-37-43(35,45)41-13(8)19(38-6)32-5-28-11-16(32)29-20(24)30-17(11)33/h3-9,11-13,16,18-20,29H,1-2,24H2,(H,30,33)(H,34,44)(H,35,45)(H2,23,25,26)/t6-,7-,8-,9+,11?,12-,13-,16?,18-,19-,20?,42?,43?/m1/s1. The third-order valence-electron chi connectivity index (χ3n) is 7.70. The molecule has 25 heteroatoms. The molecule has 0 aliphatic carbocycles. The number of nitrogens with zero attached hydrogens (tertiary/aromatic N) is 6. The van der Waals surface area contributed by atoms with Gasteiger partial charge < -0.3 is 34.8 Å². The van der Waals surface area contributed by atoms with Gasteiger partial charge in [-0.1, -0.05) is 12.2 Å². The lowest BCUT2D eigenvalue weighted by Gasteiger charge is -2.39. The van der Waals surface area contributed by atoms with E-state index in [4.69, 9.17) is 50.8 Å². The van der Waals surface area contributed by atoms with Crippen LogP contribution in [0.3, 0.4) is 0 Å². The first kappa shape index (κ1) is 31.6. The minimum atomic E-state index is -4.44. The second-order valence-electron chi connectivity index (χ2n) is 10.5. The van der Waals surface area contributed by atoms with E-state index in [-0.39, 0.29) is 17.0 Å². The predicted octanol–water partition coefficient (Wildman–Crippen LogP) is -1.22. The Morgan fingerprint density at radius 3 is 2.64 bits per heavy atom. The molecule has 5 unspecified atom stereocenters. The maximum Gasteiger partial charge on any atom is 0.386 e. The van der Waals surface area contributed by atoms with Crippen LogP contribution >= 0.6 is 25.8 Å². The first-order valence-corrected chi connectivity index (χ1v) is 18.6. The second kappa shape index (κ2) is 11.6. The van der Waals surface area contributed by atoms with E-state index >= 15 is 8.78 Å². The lowest BCUT2D eigenvalue weighted by Crippen LogP contribution is -2.70. The Kier molecular flexibility index (Phi) is 8.16. The molecule has 0 aromatic carbocycles. The van der Waals surface area contributed by atoms with Gasteiger partial charge in [-0.25, -0.2) is 28.3 Å². The molecule has 5 aliphatic heterocycles. The number of rotatable bonds is 2. The number of nitrogen functional groups attached to an aromatic ring is 1. The number of alkyl halides is 2. The van der Waals surface area contributed by atoms with Crippen molar-refractivity contribution >= 4 is 66.8 Å². The highest BCUT2D eigenvalue weighted by Gasteiger charge is 2.56.